The van der Waals surface area contributed by atoms with Crippen molar-refractivity contribution in [3.8, 4) is 0 Å². The summed E-state index contributed by atoms with van der Waals surface area (Å²) in [6.45, 7) is 5.08. The first-order valence-corrected chi connectivity index (χ1v) is 14.7. The molecule has 3 aromatic carbocycles. The van der Waals surface area contributed by atoms with Gasteiger partial charge in [-0.1, -0.05) is 67.4 Å². The van der Waals surface area contributed by atoms with Crippen LogP contribution in [-0.4, -0.2) is 33.5 Å². The number of esters is 1. The number of benzene rings is 3. The molecule has 1 aliphatic carbocycles. The first-order valence-electron chi connectivity index (χ1n) is 14.7. The molecule has 2 aromatic heterocycles. The lowest BCUT2D eigenvalue weighted by Gasteiger charge is -2.23. The zero-order chi connectivity index (χ0) is 29.2. The fourth-order valence-electron chi connectivity index (χ4n) is 6.52. The SMILES string of the molecule is COC(=O)c1ccc(CNC(=O)C(c2ccc(Cn3c4ccccc4c4c(C)nc(C)nc43)cc2)C2CCCC2)cc1. The molecule has 1 N–H and O–H groups in total. The highest BCUT2D eigenvalue weighted by molar-refractivity contribution is 6.07. The predicted octanol–water partition coefficient (Wildman–Crippen LogP) is 6.63. The number of rotatable bonds is 8. The number of nitrogens with one attached hydrogen (secondary N) is 1. The summed E-state index contributed by atoms with van der Waals surface area (Å²) in [4.78, 5) is 34.8. The highest BCUT2D eigenvalue weighted by atomic mass is 16.5. The van der Waals surface area contributed by atoms with Crippen molar-refractivity contribution < 1.29 is 14.3 Å². The van der Waals surface area contributed by atoms with Crippen molar-refractivity contribution in [2.75, 3.05) is 7.11 Å². The van der Waals surface area contributed by atoms with Gasteiger partial charge >= 0.3 is 5.97 Å². The van der Waals surface area contributed by atoms with Crippen LogP contribution in [0.2, 0.25) is 0 Å². The predicted molar refractivity (Wildman–Crippen MR) is 164 cm³/mol. The van der Waals surface area contributed by atoms with E-state index in [0.29, 0.717) is 24.6 Å². The molecule has 1 fully saturated rings. The fraction of sp³-hybridized carbons (Fsp3) is 0.314. The Kier molecular flexibility index (Phi) is 7.74. The molecule has 1 unspecified atom stereocenters. The molecule has 0 saturated heterocycles. The molecule has 42 heavy (non-hydrogen) atoms. The van der Waals surface area contributed by atoms with E-state index in [2.05, 4.69) is 63.4 Å². The summed E-state index contributed by atoms with van der Waals surface area (Å²) in [5, 5.41) is 5.43. The van der Waals surface area contributed by atoms with E-state index < -0.39 is 0 Å². The molecule has 2 heterocycles. The van der Waals surface area contributed by atoms with Gasteiger partial charge in [0.15, 0.2) is 0 Å². The van der Waals surface area contributed by atoms with Gasteiger partial charge in [0, 0.05) is 23.9 Å². The van der Waals surface area contributed by atoms with E-state index in [1.165, 1.54) is 12.5 Å². The second-order valence-corrected chi connectivity index (χ2v) is 11.3. The summed E-state index contributed by atoms with van der Waals surface area (Å²) in [6, 6.07) is 24.1. The van der Waals surface area contributed by atoms with Gasteiger partial charge in [-0.05, 0) is 67.5 Å². The lowest BCUT2D eigenvalue weighted by Crippen LogP contribution is -2.32. The van der Waals surface area contributed by atoms with E-state index in [1.807, 2.05) is 26.0 Å². The van der Waals surface area contributed by atoms with Gasteiger partial charge in [0.2, 0.25) is 5.91 Å². The average molecular weight is 561 g/mol. The number of para-hydroxylation sites is 1. The van der Waals surface area contributed by atoms with Gasteiger partial charge < -0.3 is 14.6 Å². The molecule has 1 aliphatic rings. The maximum absolute atomic E-state index is 13.6. The van der Waals surface area contributed by atoms with Crippen LogP contribution in [0.5, 0.6) is 0 Å². The van der Waals surface area contributed by atoms with Crippen molar-refractivity contribution >= 4 is 33.8 Å². The number of ether oxygens (including phenoxy) is 1. The third-order valence-corrected chi connectivity index (χ3v) is 8.58. The fourth-order valence-corrected chi connectivity index (χ4v) is 6.52. The van der Waals surface area contributed by atoms with Crippen molar-refractivity contribution in [1.82, 2.24) is 19.9 Å². The Morgan fingerprint density at radius 2 is 1.62 bits per heavy atom. The lowest BCUT2D eigenvalue weighted by atomic mass is 9.83. The van der Waals surface area contributed by atoms with E-state index in [4.69, 9.17) is 9.72 Å². The minimum absolute atomic E-state index is 0.0525. The van der Waals surface area contributed by atoms with Gasteiger partial charge in [-0.25, -0.2) is 14.8 Å². The van der Waals surface area contributed by atoms with E-state index in [-0.39, 0.29) is 17.8 Å². The molecular weight excluding hydrogens is 524 g/mol. The molecule has 6 rings (SSSR count). The van der Waals surface area contributed by atoms with Crippen LogP contribution in [0.25, 0.3) is 21.9 Å². The molecule has 0 bridgehead atoms. The van der Waals surface area contributed by atoms with Gasteiger partial charge in [-0.15, -0.1) is 0 Å². The Morgan fingerprint density at radius 1 is 0.929 bits per heavy atom. The number of methoxy groups -OCH3 is 1. The number of carbonyl (C=O) groups is 2. The Balaban J connectivity index is 1.24. The van der Waals surface area contributed by atoms with Crippen LogP contribution in [0.15, 0.2) is 72.8 Å². The molecule has 5 aromatic rings. The van der Waals surface area contributed by atoms with E-state index in [1.54, 1.807) is 12.1 Å². The smallest absolute Gasteiger partial charge is 0.337 e. The monoisotopic (exact) mass is 560 g/mol. The van der Waals surface area contributed by atoms with Crippen LogP contribution in [0.4, 0.5) is 0 Å². The Hall–Kier alpha value is -4.52. The van der Waals surface area contributed by atoms with Gasteiger partial charge in [0.05, 0.1) is 29.8 Å². The van der Waals surface area contributed by atoms with Crippen LogP contribution in [0.1, 0.15) is 70.2 Å². The molecule has 0 radical (unpaired) electrons. The van der Waals surface area contributed by atoms with Crippen LogP contribution < -0.4 is 5.32 Å². The molecule has 1 amide bonds. The molecule has 1 saturated carbocycles. The number of aryl methyl sites for hydroxylation is 2. The summed E-state index contributed by atoms with van der Waals surface area (Å²) < 4.78 is 7.05. The number of hydrogen-bond donors (Lipinski definition) is 1. The summed E-state index contributed by atoms with van der Waals surface area (Å²) in [5.74, 6) is 0.590. The summed E-state index contributed by atoms with van der Waals surface area (Å²) in [7, 11) is 1.37. The van der Waals surface area contributed by atoms with Crippen molar-refractivity contribution in [3.05, 3.63) is 107 Å². The van der Waals surface area contributed by atoms with Crippen molar-refractivity contribution in [2.24, 2.45) is 5.92 Å². The van der Waals surface area contributed by atoms with Crippen molar-refractivity contribution in [2.45, 2.75) is 58.5 Å². The van der Waals surface area contributed by atoms with E-state index >= 15 is 0 Å². The number of nitrogens with zero attached hydrogens (tertiary/aromatic N) is 3. The number of aromatic nitrogens is 3. The first kappa shape index (κ1) is 27.6. The summed E-state index contributed by atoms with van der Waals surface area (Å²) in [6.07, 6.45) is 4.45. The highest BCUT2D eigenvalue weighted by Crippen LogP contribution is 2.38. The number of fused-ring (bicyclic) bond motifs is 3. The molecule has 0 spiro atoms. The van der Waals surface area contributed by atoms with Crippen LogP contribution in [-0.2, 0) is 22.6 Å². The second kappa shape index (κ2) is 11.8. The van der Waals surface area contributed by atoms with Crippen LogP contribution in [0.3, 0.4) is 0 Å². The molecule has 7 nitrogen and oxygen atoms in total. The number of carbonyl (C=O) groups excluding carboxylic acids is 2. The third-order valence-electron chi connectivity index (χ3n) is 8.58. The van der Waals surface area contributed by atoms with Gasteiger partial charge in [0.1, 0.15) is 11.5 Å². The van der Waals surface area contributed by atoms with Crippen LogP contribution in [0, 0.1) is 19.8 Å². The van der Waals surface area contributed by atoms with Crippen molar-refractivity contribution in [3.63, 3.8) is 0 Å². The van der Waals surface area contributed by atoms with Crippen molar-refractivity contribution in [1.29, 1.82) is 0 Å². The summed E-state index contributed by atoms with van der Waals surface area (Å²) in [5.41, 5.74) is 6.74. The summed E-state index contributed by atoms with van der Waals surface area (Å²) >= 11 is 0. The zero-order valence-electron chi connectivity index (χ0n) is 24.4. The van der Waals surface area contributed by atoms with Gasteiger partial charge in [-0.3, -0.25) is 4.79 Å². The standard InChI is InChI=1S/C35H36N4O3/c1-22-31-29-10-6-7-11-30(29)39(33(31)38-23(2)37-22)21-25-14-16-27(17-15-25)32(26-8-4-5-9-26)34(40)36-20-24-12-18-28(19-13-24)35(41)42-3/h6-7,10-19,26,32H,4-5,8-9,20-21H2,1-3H3,(H,36,40). The minimum Gasteiger partial charge on any atom is -0.465 e. The van der Waals surface area contributed by atoms with Crippen LogP contribution >= 0.6 is 0 Å². The molecule has 7 heteroatoms. The largest absolute Gasteiger partial charge is 0.465 e. The Morgan fingerprint density at radius 3 is 2.33 bits per heavy atom. The van der Waals surface area contributed by atoms with Gasteiger partial charge in [0.25, 0.3) is 0 Å². The maximum Gasteiger partial charge on any atom is 0.337 e. The average Bonchev–Trinajstić information content (AvgIpc) is 3.64. The maximum atomic E-state index is 13.6. The molecular formula is C35H36N4O3. The molecule has 1 atom stereocenters. The third kappa shape index (κ3) is 5.39. The highest BCUT2D eigenvalue weighted by Gasteiger charge is 2.32. The molecule has 0 aliphatic heterocycles. The first-order chi connectivity index (χ1) is 20.4. The lowest BCUT2D eigenvalue weighted by molar-refractivity contribution is -0.123. The van der Waals surface area contributed by atoms with E-state index in [9.17, 15) is 9.59 Å². The topological polar surface area (TPSA) is 86.1 Å². The Labute approximate surface area is 245 Å². The number of hydrogen-bond acceptors (Lipinski definition) is 5. The zero-order valence-corrected chi connectivity index (χ0v) is 24.4. The second-order valence-electron chi connectivity index (χ2n) is 11.3. The minimum atomic E-state index is -0.369. The number of amides is 1. The van der Waals surface area contributed by atoms with E-state index in [0.717, 1.165) is 70.4 Å². The Bertz CT molecular complexity index is 1750. The van der Waals surface area contributed by atoms with Gasteiger partial charge in [-0.2, -0.15) is 0 Å². The quantitative estimate of drug-likeness (QED) is 0.215. The normalized spacial score (nSPS) is 14.4. The molecule has 214 valence electrons.